The molecule has 26 heavy (non-hydrogen) atoms. The number of urea groups is 1. The van der Waals surface area contributed by atoms with E-state index in [4.69, 9.17) is 9.15 Å². The second kappa shape index (κ2) is 8.42. The average molecular weight is 357 g/mol. The molecule has 3 amide bonds. The summed E-state index contributed by atoms with van der Waals surface area (Å²) in [6.07, 6.45) is 3.00. The van der Waals surface area contributed by atoms with Crippen LogP contribution in [-0.2, 0) is 11.3 Å². The van der Waals surface area contributed by atoms with Crippen LogP contribution >= 0.6 is 0 Å². The van der Waals surface area contributed by atoms with E-state index in [0.29, 0.717) is 43.3 Å². The van der Waals surface area contributed by atoms with Gasteiger partial charge in [0.15, 0.2) is 0 Å². The Morgan fingerprint density at radius 3 is 2.88 bits per heavy atom. The lowest BCUT2D eigenvalue weighted by molar-refractivity contribution is -0.124. The SMILES string of the molecule is CCOc1ccccc1NC(=O)N1CCC[C@@H]1C(=O)NCc1ccco1. The summed E-state index contributed by atoms with van der Waals surface area (Å²) in [5, 5.41) is 5.68. The van der Waals surface area contributed by atoms with Gasteiger partial charge in [0.25, 0.3) is 0 Å². The van der Waals surface area contributed by atoms with Gasteiger partial charge in [0.05, 0.1) is 25.1 Å². The zero-order chi connectivity index (χ0) is 18.4. The number of nitrogens with one attached hydrogen (secondary N) is 2. The number of anilines is 1. The summed E-state index contributed by atoms with van der Waals surface area (Å²) >= 11 is 0. The zero-order valence-electron chi connectivity index (χ0n) is 14.7. The van der Waals surface area contributed by atoms with E-state index < -0.39 is 6.04 Å². The van der Waals surface area contributed by atoms with Gasteiger partial charge < -0.3 is 24.7 Å². The number of carbonyl (C=O) groups excluding carboxylic acids is 2. The van der Waals surface area contributed by atoms with Crippen LogP contribution in [0.3, 0.4) is 0 Å². The van der Waals surface area contributed by atoms with Crippen LogP contribution < -0.4 is 15.4 Å². The molecule has 7 nitrogen and oxygen atoms in total. The molecule has 2 aromatic rings. The number of rotatable bonds is 6. The number of benzene rings is 1. The van der Waals surface area contributed by atoms with Crippen molar-refractivity contribution in [2.24, 2.45) is 0 Å². The van der Waals surface area contributed by atoms with E-state index in [9.17, 15) is 9.59 Å². The van der Waals surface area contributed by atoms with E-state index >= 15 is 0 Å². The summed E-state index contributed by atoms with van der Waals surface area (Å²) in [7, 11) is 0. The first-order chi connectivity index (χ1) is 12.7. The van der Waals surface area contributed by atoms with Crippen LogP contribution in [0.5, 0.6) is 5.75 Å². The fourth-order valence-corrected chi connectivity index (χ4v) is 3.03. The molecule has 0 bridgehead atoms. The van der Waals surface area contributed by atoms with Crippen molar-refractivity contribution in [3.05, 3.63) is 48.4 Å². The predicted octanol–water partition coefficient (Wildman–Crippen LogP) is 2.99. The van der Waals surface area contributed by atoms with Crippen molar-refractivity contribution in [1.29, 1.82) is 0 Å². The van der Waals surface area contributed by atoms with Gasteiger partial charge in [-0.25, -0.2) is 4.79 Å². The molecule has 0 radical (unpaired) electrons. The van der Waals surface area contributed by atoms with E-state index in [0.717, 1.165) is 6.42 Å². The standard InChI is InChI=1S/C19H23N3O4/c1-2-25-17-10-4-3-8-15(17)21-19(24)22-11-5-9-16(22)18(23)20-13-14-7-6-12-26-14/h3-4,6-8,10,12,16H,2,5,9,11,13H2,1H3,(H,20,23)(H,21,24)/t16-/m1/s1. The number of furan rings is 1. The Bertz CT molecular complexity index is 745. The lowest BCUT2D eigenvalue weighted by Crippen LogP contribution is -2.47. The van der Waals surface area contributed by atoms with E-state index in [-0.39, 0.29) is 11.9 Å². The second-order valence-electron chi connectivity index (χ2n) is 6.01. The van der Waals surface area contributed by atoms with Crippen molar-refractivity contribution in [2.45, 2.75) is 32.4 Å². The smallest absolute Gasteiger partial charge is 0.322 e. The van der Waals surface area contributed by atoms with Crippen molar-refractivity contribution < 1.29 is 18.7 Å². The Morgan fingerprint density at radius 1 is 1.27 bits per heavy atom. The highest BCUT2D eigenvalue weighted by Crippen LogP contribution is 2.25. The van der Waals surface area contributed by atoms with Gasteiger partial charge in [-0.2, -0.15) is 0 Å². The molecule has 1 saturated heterocycles. The number of hydrogen-bond acceptors (Lipinski definition) is 4. The lowest BCUT2D eigenvalue weighted by atomic mass is 10.2. The highest BCUT2D eigenvalue weighted by atomic mass is 16.5. The molecular formula is C19H23N3O4. The van der Waals surface area contributed by atoms with Crippen LogP contribution in [0.25, 0.3) is 0 Å². The third kappa shape index (κ3) is 4.17. The Morgan fingerprint density at radius 2 is 2.12 bits per heavy atom. The van der Waals surface area contributed by atoms with Crippen LogP contribution in [0.4, 0.5) is 10.5 Å². The largest absolute Gasteiger partial charge is 0.492 e. The molecule has 2 N–H and O–H groups in total. The minimum absolute atomic E-state index is 0.174. The molecule has 1 aromatic heterocycles. The Kier molecular flexibility index (Phi) is 5.78. The molecule has 1 atom stereocenters. The van der Waals surface area contributed by atoms with Crippen molar-refractivity contribution in [1.82, 2.24) is 10.2 Å². The number of carbonyl (C=O) groups is 2. The number of ether oxygens (including phenoxy) is 1. The third-order valence-corrected chi connectivity index (χ3v) is 4.26. The van der Waals surface area contributed by atoms with Crippen molar-refractivity contribution in [3.63, 3.8) is 0 Å². The van der Waals surface area contributed by atoms with E-state index in [1.165, 1.54) is 0 Å². The Hall–Kier alpha value is -2.96. The minimum Gasteiger partial charge on any atom is -0.492 e. The number of para-hydroxylation sites is 2. The van der Waals surface area contributed by atoms with E-state index in [1.54, 1.807) is 35.4 Å². The summed E-state index contributed by atoms with van der Waals surface area (Å²) in [5.74, 6) is 1.12. The zero-order valence-corrected chi connectivity index (χ0v) is 14.7. The van der Waals surface area contributed by atoms with Crippen LogP contribution in [0.15, 0.2) is 47.1 Å². The minimum atomic E-state index is -0.482. The highest BCUT2D eigenvalue weighted by Gasteiger charge is 2.34. The quantitative estimate of drug-likeness (QED) is 0.832. The third-order valence-electron chi connectivity index (χ3n) is 4.26. The van der Waals surface area contributed by atoms with Gasteiger partial charge >= 0.3 is 6.03 Å². The molecule has 0 saturated carbocycles. The van der Waals surface area contributed by atoms with Gasteiger partial charge in [0.2, 0.25) is 5.91 Å². The maximum Gasteiger partial charge on any atom is 0.322 e. The molecule has 1 fully saturated rings. The summed E-state index contributed by atoms with van der Waals surface area (Å²) < 4.78 is 10.7. The van der Waals surface area contributed by atoms with E-state index in [2.05, 4.69) is 10.6 Å². The average Bonchev–Trinajstić information content (AvgIpc) is 3.33. The first-order valence-electron chi connectivity index (χ1n) is 8.78. The molecule has 0 spiro atoms. The van der Waals surface area contributed by atoms with Gasteiger partial charge in [-0.1, -0.05) is 12.1 Å². The molecule has 3 rings (SSSR count). The van der Waals surface area contributed by atoms with Gasteiger partial charge in [-0.05, 0) is 44.0 Å². The summed E-state index contributed by atoms with van der Waals surface area (Å²) in [5.41, 5.74) is 0.598. The van der Waals surface area contributed by atoms with Crippen LogP contribution in [-0.4, -0.2) is 36.0 Å². The van der Waals surface area contributed by atoms with Crippen molar-refractivity contribution in [2.75, 3.05) is 18.5 Å². The highest BCUT2D eigenvalue weighted by molar-refractivity contribution is 5.95. The van der Waals surface area contributed by atoms with Crippen LogP contribution in [0.1, 0.15) is 25.5 Å². The summed E-state index contributed by atoms with van der Waals surface area (Å²) in [6.45, 7) is 3.25. The molecule has 0 unspecified atom stereocenters. The number of nitrogens with zero attached hydrogens (tertiary/aromatic N) is 1. The monoisotopic (exact) mass is 357 g/mol. The van der Waals surface area contributed by atoms with Gasteiger partial charge in [0.1, 0.15) is 17.6 Å². The fourth-order valence-electron chi connectivity index (χ4n) is 3.03. The molecule has 138 valence electrons. The fraction of sp³-hybridized carbons (Fsp3) is 0.368. The molecule has 2 heterocycles. The molecule has 1 aliphatic heterocycles. The van der Waals surface area contributed by atoms with Gasteiger partial charge in [-0.3, -0.25) is 4.79 Å². The van der Waals surface area contributed by atoms with Gasteiger partial charge in [0, 0.05) is 6.54 Å². The lowest BCUT2D eigenvalue weighted by Gasteiger charge is -2.24. The normalized spacial score (nSPS) is 16.3. The molecule has 7 heteroatoms. The van der Waals surface area contributed by atoms with Crippen molar-refractivity contribution in [3.8, 4) is 5.75 Å². The van der Waals surface area contributed by atoms with Crippen LogP contribution in [0, 0.1) is 0 Å². The molecular weight excluding hydrogens is 334 g/mol. The topological polar surface area (TPSA) is 83.8 Å². The number of likely N-dealkylation sites (tertiary alicyclic amines) is 1. The van der Waals surface area contributed by atoms with Crippen LogP contribution in [0.2, 0.25) is 0 Å². The number of amides is 3. The predicted molar refractivity (Wildman–Crippen MR) is 96.9 cm³/mol. The maximum absolute atomic E-state index is 12.7. The number of hydrogen-bond donors (Lipinski definition) is 2. The molecule has 1 aromatic carbocycles. The summed E-state index contributed by atoms with van der Waals surface area (Å²) in [4.78, 5) is 26.7. The van der Waals surface area contributed by atoms with E-state index in [1.807, 2.05) is 19.1 Å². The van der Waals surface area contributed by atoms with Gasteiger partial charge in [-0.15, -0.1) is 0 Å². The molecule has 1 aliphatic rings. The summed E-state index contributed by atoms with van der Waals surface area (Å²) in [6, 6.07) is 10.0. The Balaban J connectivity index is 1.62. The maximum atomic E-state index is 12.7. The first-order valence-corrected chi connectivity index (χ1v) is 8.78. The van der Waals surface area contributed by atoms with Crippen molar-refractivity contribution >= 4 is 17.6 Å². The first kappa shape index (κ1) is 17.8. The Labute approximate surface area is 152 Å². The second-order valence-corrected chi connectivity index (χ2v) is 6.01. The molecule has 0 aliphatic carbocycles.